The predicted molar refractivity (Wildman–Crippen MR) is 41.3 cm³/mol. The molecule has 1 aliphatic rings. The summed E-state index contributed by atoms with van der Waals surface area (Å²) in [6, 6.07) is 5.04. The van der Waals surface area contributed by atoms with E-state index < -0.39 is 0 Å². The molecule has 0 saturated heterocycles. The Morgan fingerprint density at radius 3 is 3.27 bits per heavy atom. The highest BCUT2D eigenvalue weighted by Gasteiger charge is 2.04. The summed E-state index contributed by atoms with van der Waals surface area (Å²) < 4.78 is 5.20. The highest BCUT2D eigenvalue weighted by atomic mass is 16.5. The molecular weight excluding hydrogens is 140 g/mol. The number of hydrogen-bond donors (Lipinski definition) is 1. The fourth-order valence-electron chi connectivity index (χ4n) is 1.04. The van der Waals surface area contributed by atoms with Gasteiger partial charge in [0, 0.05) is 11.6 Å². The van der Waals surface area contributed by atoms with Crippen molar-refractivity contribution in [3.05, 3.63) is 29.8 Å². The van der Waals surface area contributed by atoms with Gasteiger partial charge in [-0.1, -0.05) is 0 Å². The molecule has 0 aliphatic carbocycles. The number of hydrogen-bond acceptors (Lipinski definition) is 2. The lowest BCUT2D eigenvalue weighted by Gasteiger charge is -2.10. The average molecular weight is 147 g/mol. The molecule has 1 aromatic carbocycles. The van der Waals surface area contributed by atoms with Gasteiger partial charge in [-0.3, -0.25) is 0 Å². The third kappa shape index (κ3) is 1.07. The predicted octanol–water partition coefficient (Wildman–Crippen LogP) is 1.60. The van der Waals surface area contributed by atoms with Crippen molar-refractivity contribution < 1.29 is 9.84 Å². The van der Waals surface area contributed by atoms with Crippen LogP contribution in [0, 0.1) is 6.08 Å². The van der Waals surface area contributed by atoms with Crippen LogP contribution < -0.4 is 4.74 Å². The normalized spacial score (nSPS) is 13.8. The maximum absolute atomic E-state index is 9.07. The molecule has 0 aromatic heterocycles. The third-order valence-electron chi connectivity index (χ3n) is 1.57. The number of benzene rings is 1. The molecule has 0 spiro atoms. The zero-order valence-corrected chi connectivity index (χ0v) is 5.87. The molecule has 1 radical (unpaired) electrons. The number of rotatable bonds is 0. The second-order valence-electron chi connectivity index (χ2n) is 2.36. The Bertz CT molecular complexity index is 302. The van der Waals surface area contributed by atoms with E-state index in [-0.39, 0.29) is 5.75 Å². The molecule has 11 heavy (non-hydrogen) atoms. The van der Waals surface area contributed by atoms with Crippen molar-refractivity contribution >= 4 is 6.08 Å². The van der Waals surface area contributed by atoms with Crippen LogP contribution in [0.2, 0.25) is 0 Å². The van der Waals surface area contributed by atoms with Crippen LogP contribution in [0.3, 0.4) is 0 Å². The number of phenols is 1. The summed E-state index contributed by atoms with van der Waals surface area (Å²) in [5, 5.41) is 9.07. The molecule has 0 bridgehead atoms. The Kier molecular flexibility index (Phi) is 1.32. The highest BCUT2D eigenvalue weighted by molar-refractivity contribution is 5.59. The molecule has 1 aliphatic heterocycles. The van der Waals surface area contributed by atoms with E-state index in [0.29, 0.717) is 6.61 Å². The lowest BCUT2D eigenvalue weighted by Crippen LogP contribution is -1.99. The van der Waals surface area contributed by atoms with Crippen molar-refractivity contribution in [2.24, 2.45) is 0 Å². The van der Waals surface area contributed by atoms with Gasteiger partial charge >= 0.3 is 0 Å². The lowest BCUT2D eigenvalue weighted by atomic mass is 10.1. The van der Waals surface area contributed by atoms with Crippen LogP contribution in [-0.2, 0) is 0 Å². The van der Waals surface area contributed by atoms with E-state index in [0.717, 1.165) is 11.3 Å². The van der Waals surface area contributed by atoms with Gasteiger partial charge < -0.3 is 9.84 Å². The Hall–Kier alpha value is -1.44. The maximum Gasteiger partial charge on any atom is 0.130 e. The second-order valence-corrected chi connectivity index (χ2v) is 2.36. The Labute approximate surface area is 64.7 Å². The smallest absolute Gasteiger partial charge is 0.130 e. The van der Waals surface area contributed by atoms with Crippen LogP contribution in [0.25, 0.3) is 6.08 Å². The first-order valence-corrected chi connectivity index (χ1v) is 3.39. The first-order chi connectivity index (χ1) is 5.36. The molecule has 0 fully saturated rings. The van der Waals surface area contributed by atoms with Gasteiger partial charge in [-0.2, -0.15) is 0 Å². The van der Waals surface area contributed by atoms with Crippen molar-refractivity contribution in [1.29, 1.82) is 0 Å². The monoisotopic (exact) mass is 147 g/mol. The number of fused-ring (bicyclic) bond motifs is 1. The molecule has 1 N–H and O–H groups in total. The number of phenolic OH excluding ortho intramolecular Hbond substituents is 1. The van der Waals surface area contributed by atoms with E-state index in [1.54, 1.807) is 18.2 Å². The van der Waals surface area contributed by atoms with Crippen molar-refractivity contribution in [3.8, 4) is 11.5 Å². The van der Waals surface area contributed by atoms with E-state index >= 15 is 0 Å². The van der Waals surface area contributed by atoms with E-state index in [1.807, 2.05) is 6.08 Å². The summed E-state index contributed by atoms with van der Waals surface area (Å²) in [5.41, 5.74) is 0.967. The van der Waals surface area contributed by atoms with E-state index in [2.05, 4.69) is 6.08 Å². The van der Waals surface area contributed by atoms with E-state index in [9.17, 15) is 0 Å². The van der Waals surface area contributed by atoms with Crippen molar-refractivity contribution in [1.82, 2.24) is 0 Å². The minimum absolute atomic E-state index is 0.235. The van der Waals surface area contributed by atoms with Crippen LogP contribution in [0.4, 0.5) is 0 Å². The molecule has 1 heterocycles. The van der Waals surface area contributed by atoms with Gasteiger partial charge in [0.1, 0.15) is 18.1 Å². The molecule has 1 aromatic rings. The fourth-order valence-corrected chi connectivity index (χ4v) is 1.04. The molecule has 0 atom stereocenters. The molecule has 2 rings (SSSR count). The standard InChI is InChI=1S/C9H7O2/c10-8-4-3-7-2-1-5-11-9(7)6-8/h2-4,6,10H,5H2. The lowest BCUT2D eigenvalue weighted by molar-refractivity contribution is 0.349. The van der Waals surface area contributed by atoms with E-state index in [4.69, 9.17) is 9.84 Å². The van der Waals surface area contributed by atoms with Crippen molar-refractivity contribution in [3.63, 3.8) is 0 Å². The zero-order valence-electron chi connectivity index (χ0n) is 5.87. The topological polar surface area (TPSA) is 29.5 Å². The van der Waals surface area contributed by atoms with Gasteiger partial charge in [-0.25, -0.2) is 0 Å². The summed E-state index contributed by atoms with van der Waals surface area (Å²) in [6.45, 7) is 0.469. The SMILES string of the molecule is Oc1ccc2c(c1)OC[C]=C2. The molecule has 2 nitrogen and oxygen atoms in total. The summed E-state index contributed by atoms with van der Waals surface area (Å²) >= 11 is 0. The largest absolute Gasteiger partial charge is 0.508 e. The summed E-state index contributed by atoms with van der Waals surface area (Å²) in [6.07, 6.45) is 4.79. The van der Waals surface area contributed by atoms with Crippen LogP contribution in [0.1, 0.15) is 5.56 Å². The highest BCUT2D eigenvalue weighted by Crippen LogP contribution is 2.26. The maximum atomic E-state index is 9.07. The zero-order chi connectivity index (χ0) is 7.68. The quantitative estimate of drug-likeness (QED) is 0.604. The van der Waals surface area contributed by atoms with Crippen LogP contribution in [0.15, 0.2) is 18.2 Å². The molecule has 0 amide bonds. The summed E-state index contributed by atoms with van der Waals surface area (Å²) in [4.78, 5) is 0. The molecule has 0 unspecified atom stereocenters. The minimum atomic E-state index is 0.235. The summed E-state index contributed by atoms with van der Waals surface area (Å²) in [7, 11) is 0. The van der Waals surface area contributed by atoms with Gasteiger partial charge in [0.2, 0.25) is 0 Å². The molecule has 55 valence electrons. The van der Waals surface area contributed by atoms with Crippen LogP contribution in [-0.4, -0.2) is 11.7 Å². The van der Waals surface area contributed by atoms with Crippen LogP contribution >= 0.6 is 0 Å². The molecule has 2 heteroatoms. The average Bonchev–Trinajstić information content (AvgIpc) is 2.04. The third-order valence-corrected chi connectivity index (χ3v) is 1.57. The number of ether oxygens (including phenoxy) is 1. The number of aromatic hydroxyl groups is 1. The fraction of sp³-hybridized carbons (Fsp3) is 0.111. The van der Waals surface area contributed by atoms with Gasteiger partial charge in [-0.15, -0.1) is 0 Å². The Morgan fingerprint density at radius 1 is 1.45 bits per heavy atom. The Morgan fingerprint density at radius 2 is 2.36 bits per heavy atom. The first kappa shape index (κ1) is 6.28. The second kappa shape index (κ2) is 2.31. The summed E-state index contributed by atoms with van der Waals surface area (Å²) in [5.74, 6) is 0.961. The van der Waals surface area contributed by atoms with Crippen LogP contribution in [0.5, 0.6) is 11.5 Å². The minimum Gasteiger partial charge on any atom is -0.508 e. The first-order valence-electron chi connectivity index (χ1n) is 3.39. The van der Waals surface area contributed by atoms with E-state index in [1.165, 1.54) is 0 Å². The van der Waals surface area contributed by atoms with Crippen molar-refractivity contribution in [2.45, 2.75) is 0 Å². The molecule has 0 saturated carbocycles. The Balaban J connectivity index is 2.53. The molecular formula is C9H7O2. The van der Waals surface area contributed by atoms with Gasteiger partial charge in [0.25, 0.3) is 0 Å². The van der Waals surface area contributed by atoms with Gasteiger partial charge in [0.05, 0.1) is 0 Å². The van der Waals surface area contributed by atoms with Gasteiger partial charge in [-0.05, 0) is 24.3 Å². The van der Waals surface area contributed by atoms with Gasteiger partial charge in [0.15, 0.2) is 0 Å². The van der Waals surface area contributed by atoms with Crippen molar-refractivity contribution in [2.75, 3.05) is 6.61 Å².